The first-order chi connectivity index (χ1) is 13.7. The largest absolute Gasteiger partial charge is 0.462 e. The number of rotatable bonds is 8. The molecule has 0 aliphatic heterocycles. The van der Waals surface area contributed by atoms with Crippen molar-refractivity contribution in [2.24, 2.45) is 5.73 Å². The first kappa shape index (κ1) is 22.6. The number of aromatic nitrogens is 1. The number of benzene rings is 1. The lowest BCUT2D eigenvalue weighted by Crippen LogP contribution is -2.36. The van der Waals surface area contributed by atoms with Gasteiger partial charge in [0, 0.05) is 11.4 Å². The molecule has 154 valence electrons. The van der Waals surface area contributed by atoms with Crippen LogP contribution in [0.2, 0.25) is 10.2 Å². The van der Waals surface area contributed by atoms with Crippen molar-refractivity contribution in [1.82, 2.24) is 4.98 Å². The molecule has 2 atom stereocenters. The van der Waals surface area contributed by atoms with E-state index in [-0.39, 0.29) is 28.9 Å². The van der Waals surface area contributed by atoms with Gasteiger partial charge in [-0.2, -0.15) is 0 Å². The van der Waals surface area contributed by atoms with Crippen LogP contribution in [0.4, 0.5) is 0 Å². The summed E-state index contributed by atoms with van der Waals surface area (Å²) < 4.78 is 9.94. The highest BCUT2D eigenvalue weighted by Gasteiger charge is 2.28. The van der Waals surface area contributed by atoms with E-state index in [9.17, 15) is 19.5 Å². The van der Waals surface area contributed by atoms with Crippen LogP contribution in [0.5, 0.6) is 0 Å². The molecule has 0 saturated heterocycles. The molecule has 2 aromatic rings. The maximum atomic E-state index is 12.2. The van der Waals surface area contributed by atoms with E-state index in [1.54, 1.807) is 19.1 Å². The summed E-state index contributed by atoms with van der Waals surface area (Å²) in [5, 5.41) is 10.3. The maximum absolute atomic E-state index is 12.2. The minimum Gasteiger partial charge on any atom is -0.462 e. The van der Waals surface area contributed by atoms with Crippen molar-refractivity contribution in [1.29, 1.82) is 0 Å². The molecule has 29 heavy (non-hydrogen) atoms. The van der Waals surface area contributed by atoms with Crippen LogP contribution in [-0.2, 0) is 25.5 Å². The number of halogens is 2. The Morgan fingerprint density at radius 3 is 2.38 bits per heavy atom. The summed E-state index contributed by atoms with van der Waals surface area (Å²) in [6.07, 6.45) is -3.21. The Balaban J connectivity index is 2.08. The fourth-order valence-corrected chi connectivity index (χ4v) is 2.84. The van der Waals surface area contributed by atoms with Crippen LogP contribution in [0.1, 0.15) is 34.6 Å². The minimum absolute atomic E-state index is 0.0208. The van der Waals surface area contributed by atoms with Gasteiger partial charge in [0.15, 0.2) is 12.2 Å². The van der Waals surface area contributed by atoms with Crippen molar-refractivity contribution >= 4 is 41.0 Å². The molecule has 0 radical (unpaired) electrons. The molecule has 0 aliphatic rings. The van der Waals surface area contributed by atoms with Gasteiger partial charge < -0.3 is 20.3 Å². The van der Waals surface area contributed by atoms with Crippen molar-refractivity contribution in [2.75, 3.05) is 6.61 Å². The second kappa shape index (κ2) is 10.2. The summed E-state index contributed by atoms with van der Waals surface area (Å²) in [5.41, 5.74) is 6.09. The molecule has 0 spiro atoms. The van der Waals surface area contributed by atoms with E-state index in [4.69, 9.17) is 38.4 Å². The van der Waals surface area contributed by atoms with Crippen LogP contribution in [0.25, 0.3) is 0 Å². The molecular weight excluding hydrogens is 423 g/mol. The highest BCUT2D eigenvalue weighted by atomic mass is 35.5. The van der Waals surface area contributed by atoms with Gasteiger partial charge in [0.25, 0.3) is 5.91 Å². The monoisotopic (exact) mass is 440 g/mol. The zero-order valence-electron chi connectivity index (χ0n) is 15.3. The lowest BCUT2D eigenvalue weighted by Gasteiger charge is -2.17. The highest BCUT2D eigenvalue weighted by Crippen LogP contribution is 2.21. The van der Waals surface area contributed by atoms with Crippen molar-refractivity contribution in [3.8, 4) is 0 Å². The van der Waals surface area contributed by atoms with Gasteiger partial charge in [-0.3, -0.25) is 4.79 Å². The Morgan fingerprint density at radius 1 is 1.17 bits per heavy atom. The lowest BCUT2D eigenvalue weighted by atomic mass is 10.1. The van der Waals surface area contributed by atoms with Gasteiger partial charge in [-0.15, -0.1) is 0 Å². The summed E-state index contributed by atoms with van der Waals surface area (Å²) in [6.45, 7) is 1.94. The van der Waals surface area contributed by atoms with Gasteiger partial charge in [-0.05, 0) is 36.8 Å². The molecule has 0 fully saturated rings. The third kappa shape index (κ3) is 6.42. The molecule has 10 heteroatoms. The topological polar surface area (TPSA) is 129 Å². The zero-order valence-corrected chi connectivity index (χ0v) is 16.8. The fraction of sp³-hybridized carbons (Fsp3) is 0.263. The number of carbonyl (C=O) groups is 3. The van der Waals surface area contributed by atoms with Crippen LogP contribution < -0.4 is 5.73 Å². The van der Waals surface area contributed by atoms with Gasteiger partial charge >= 0.3 is 11.9 Å². The second-order valence-electron chi connectivity index (χ2n) is 5.88. The van der Waals surface area contributed by atoms with E-state index in [2.05, 4.69) is 4.98 Å². The number of amides is 1. The average Bonchev–Trinajstić information content (AvgIpc) is 2.66. The van der Waals surface area contributed by atoms with Crippen LogP contribution in [0, 0.1) is 0 Å². The number of hydrogen-bond donors (Lipinski definition) is 2. The molecule has 0 aliphatic carbocycles. The van der Waals surface area contributed by atoms with Gasteiger partial charge in [-0.1, -0.05) is 35.3 Å². The molecule has 8 nitrogen and oxygen atoms in total. The number of hydrogen-bond acceptors (Lipinski definition) is 7. The molecular formula is C19H18Cl2N2O6. The highest BCUT2D eigenvalue weighted by molar-refractivity contribution is 6.33. The third-order valence-corrected chi connectivity index (χ3v) is 4.16. The standard InChI is InChI=1S/C19H18Cl2N2O6/c1-2-28-18(26)11-5-3-10(4-6-11)7-14(17(22)25)29-19(27)16(24)13-8-12(20)9-15(21)23-13/h3-6,8-9,14,16,24H,2,7H2,1H3,(H2,22,25). The first-order valence-electron chi connectivity index (χ1n) is 8.48. The van der Waals surface area contributed by atoms with Crippen molar-refractivity contribution < 1.29 is 29.0 Å². The summed E-state index contributed by atoms with van der Waals surface area (Å²) in [4.78, 5) is 39.4. The van der Waals surface area contributed by atoms with Crippen molar-refractivity contribution in [2.45, 2.75) is 25.6 Å². The Hall–Kier alpha value is -2.68. The molecule has 1 amide bonds. The fourth-order valence-electron chi connectivity index (χ4n) is 2.36. The normalized spacial score (nSPS) is 12.7. The quantitative estimate of drug-likeness (QED) is 0.475. The predicted molar refractivity (Wildman–Crippen MR) is 104 cm³/mol. The van der Waals surface area contributed by atoms with Crippen LogP contribution in [0.3, 0.4) is 0 Å². The van der Waals surface area contributed by atoms with E-state index in [0.29, 0.717) is 11.1 Å². The van der Waals surface area contributed by atoms with Gasteiger partial charge in [0.1, 0.15) is 5.15 Å². The maximum Gasteiger partial charge on any atom is 0.342 e. The summed E-state index contributed by atoms with van der Waals surface area (Å²) in [6, 6.07) is 8.75. The second-order valence-corrected chi connectivity index (χ2v) is 6.71. The number of aliphatic hydroxyl groups excluding tert-OH is 1. The number of esters is 2. The van der Waals surface area contributed by atoms with E-state index < -0.39 is 30.1 Å². The number of nitrogens with zero attached hydrogens (tertiary/aromatic N) is 1. The SMILES string of the molecule is CCOC(=O)c1ccc(CC(OC(=O)C(O)c2cc(Cl)cc(Cl)n2)C(N)=O)cc1. The van der Waals surface area contributed by atoms with Crippen molar-refractivity contribution in [3.05, 3.63) is 63.4 Å². The summed E-state index contributed by atoms with van der Waals surface area (Å²) in [7, 11) is 0. The molecule has 1 aromatic carbocycles. The molecule has 2 unspecified atom stereocenters. The Labute approximate surface area is 176 Å². The van der Waals surface area contributed by atoms with E-state index in [1.807, 2.05) is 0 Å². The lowest BCUT2D eigenvalue weighted by molar-refractivity contribution is -0.163. The Kier molecular flexibility index (Phi) is 7.95. The number of carbonyl (C=O) groups excluding carboxylic acids is 3. The van der Waals surface area contributed by atoms with Gasteiger partial charge in [0.2, 0.25) is 0 Å². The van der Waals surface area contributed by atoms with E-state index in [1.165, 1.54) is 24.3 Å². The van der Waals surface area contributed by atoms with Crippen LogP contribution in [-0.4, -0.2) is 40.6 Å². The summed E-state index contributed by atoms with van der Waals surface area (Å²) >= 11 is 11.6. The molecule has 0 bridgehead atoms. The number of pyridine rings is 1. The van der Waals surface area contributed by atoms with Crippen LogP contribution in [0.15, 0.2) is 36.4 Å². The predicted octanol–water partition coefficient (Wildman–Crippen LogP) is 2.24. The smallest absolute Gasteiger partial charge is 0.342 e. The first-order valence-corrected chi connectivity index (χ1v) is 9.23. The molecule has 0 saturated carbocycles. The Morgan fingerprint density at radius 2 is 1.83 bits per heavy atom. The van der Waals surface area contributed by atoms with Crippen LogP contribution >= 0.6 is 23.2 Å². The molecule has 3 N–H and O–H groups in total. The van der Waals surface area contributed by atoms with E-state index >= 15 is 0 Å². The van der Waals surface area contributed by atoms with E-state index in [0.717, 1.165) is 0 Å². The number of aliphatic hydroxyl groups is 1. The number of primary amides is 1. The molecule has 1 heterocycles. The van der Waals surface area contributed by atoms with Gasteiger partial charge in [0.05, 0.1) is 17.9 Å². The third-order valence-electron chi connectivity index (χ3n) is 3.74. The molecule has 2 rings (SSSR count). The number of ether oxygens (including phenoxy) is 2. The van der Waals surface area contributed by atoms with Gasteiger partial charge in [-0.25, -0.2) is 14.6 Å². The van der Waals surface area contributed by atoms with Crippen molar-refractivity contribution in [3.63, 3.8) is 0 Å². The Bertz CT molecular complexity index is 884. The molecule has 1 aromatic heterocycles. The number of nitrogens with two attached hydrogens (primary N) is 1. The zero-order chi connectivity index (χ0) is 21.6. The summed E-state index contributed by atoms with van der Waals surface area (Å²) in [5.74, 6) is -2.52. The minimum atomic E-state index is -1.81. The average molecular weight is 441 g/mol.